The molecule has 1 amide bonds. The first-order chi connectivity index (χ1) is 12.8. The number of aryl methyl sites for hydroxylation is 1. The average Bonchev–Trinajstić information content (AvgIpc) is 2.51. The molecule has 0 aliphatic carbocycles. The molecule has 2 rings (SSSR count). The van der Waals surface area contributed by atoms with Gasteiger partial charge in [-0.05, 0) is 38.7 Å². The van der Waals surface area contributed by atoms with Crippen molar-refractivity contribution in [3.8, 4) is 5.69 Å². The molecule has 0 bridgehead atoms. The Morgan fingerprint density at radius 1 is 1.21 bits per heavy atom. The van der Waals surface area contributed by atoms with E-state index in [9.17, 15) is 19.7 Å². The third-order valence-electron chi connectivity index (χ3n) is 4.05. The molecule has 0 unspecified atom stereocenters. The molecule has 0 radical (unpaired) electrons. The number of aromatic nitrogens is 2. The van der Waals surface area contributed by atoms with Crippen LogP contribution in [0.4, 0.5) is 5.69 Å². The lowest BCUT2D eigenvalue weighted by Crippen LogP contribution is -2.47. The number of hydrogen-bond donors (Lipinski definition) is 1. The van der Waals surface area contributed by atoms with Crippen LogP contribution in [0.25, 0.3) is 5.69 Å². The largest absolute Gasteiger partial charge is 0.346 e. The lowest BCUT2D eigenvalue weighted by atomic mass is 9.82. The van der Waals surface area contributed by atoms with E-state index >= 15 is 0 Å². The van der Waals surface area contributed by atoms with Crippen molar-refractivity contribution in [1.29, 1.82) is 0 Å². The molecule has 1 aromatic heterocycles. The van der Waals surface area contributed by atoms with E-state index in [2.05, 4.69) is 31.2 Å². The van der Waals surface area contributed by atoms with E-state index in [1.54, 1.807) is 19.1 Å². The van der Waals surface area contributed by atoms with Crippen molar-refractivity contribution in [2.24, 2.45) is 5.41 Å². The fourth-order valence-electron chi connectivity index (χ4n) is 3.48. The molecule has 0 saturated carbocycles. The Morgan fingerprint density at radius 3 is 2.39 bits per heavy atom. The van der Waals surface area contributed by atoms with Crippen LogP contribution in [0.15, 0.2) is 35.1 Å². The first-order valence-corrected chi connectivity index (χ1v) is 8.98. The van der Waals surface area contributed by atoms with Crippen LogP contribution in [0.3, 0.4) is 0 Å². The lowest BCUT2D eigenvalue weighted by Gasteiger charge is -2.33. The van der Waals surface area contributed by atoms with Gasteiger partial charge >= 0.3 is 0 Å². The van der Waals surface area contributed by atoms with Crippen molar-refractivity contribution >= 4 is 11.6 Å². The number of para-hydroxylation sites is 2. The Hall–Kier alpha value is -3.03. The van der Waals surface area contributed by atoms with Crippen molar-refractivity contribution in [1.82, 2.24) is 15.1 Å². The van der Waals surface area contributed by atoms with Gasteiger partial charge in [0.25, 0.3) is 11.6 Å². The van der Waals surface area contributed by atoms with Gasteiger partial charge in [-0.1, -0.05) is 32.9 Å². The number of carbonyl (C=O) groups is 1. The van der Waals surface area contributed by atoms with Crippen molar-refractivity contribution in [2.45, 2.75) is 53.5 Å². The second-order valence-electron chi connectivity index (χ2n) is 8.73. The minimum absolute atomic E-state index is 0.0255. The maximum absolute atomic E-state index is 12.8. The third kappa shape index (κ3) is 5.03. The molecule has 8 nitrogen and oxygen atoms in total. The van der Waals surface area contributed by atoms with Gasteiger partial charge in [0.15, 0.2) is 5.69 Å². The van der Waals surface area contributed by atoms with Gasteiger partial charge < -0.3 is 5.32 Å². The fourth-order valence-corrected chi connectivity index (χ4v) is 3.48. The summed E-state index contributed by atoms with van der Waals surface area (Å²) in [6.45, 7) is 11.6. The van der Waals surface area contributed by atoms with E-state index in [0.717, 1.165) is 0 Å². The van der Waals surface area contributed by atoms with Crippen LogP contribution in [0.2, 0.25) is 0 Å². The summed E-state index contributed by atoms with van der Waals surface area (Å²) in [5.74, 6) is -0.605. The highest BCUT2D eigenvalue weighted by molar-refractivity contribution is 5.92. The minimum atomic E-state index is -0.605. The van der Waals surface area contributed by atoms with Crippen molar-refractivity contribution in [3.63, 3.8) is 0 Å². The van der Waals surface area contributed by atoms with E-state index in [1.807, 2.05) is 13.8 Å². The highest BCUT2D eigenvalue weighted by atomic mass is 16.6. The molecular formula is C20H26N4O4. The van der Waals surface area contributed by atoms with Crippen LogP contribution in [0.5, 0.6) is 0 Å². The van der Waals surface area contributed by atoms with E-state index < -0.39 is 21.8 Å². The summed E-state index contributed by atoms with van der Waals surface area (Å²) < 4.78 is 1.26. The molecule has 0 aliphatic heterocycles. The minimum Gasteiger partial charge on any atom is -0.346 e. The second kappa shape index (κ2) is 7.53. The van der Waals surface area contributed by atoms with Crippen LogP contribution in [-0.4, -0.2) is 26.1 Å². The number of nitro benzene ring substituents is 1. The Morgan fingerprint density at radius 2 is 1.82 bits per heavy atom. The van der Waals surface area contributed by atoms with Crippen molar-refractivity contribution in [2.75, 3.05) is 0 Å². The lowest BCUT2D eigenvalue weighted by molar-refractivity contribution is -0.384. The standard InChI is InChI=1S/C20H26N4O4/c1-13-11-16(25)17(18(26)21-20(5,6)12-19(2,3)4)22-23(13)14-9-7-8-10-15(14)24(27)28/h7-11H,12H2,1-6H3,(H,21,26). The Kier molecular flexibility index (Phi) is 5.72. The Bertz CT molecular complexity index is 971. The smallest absolute Gasteiger partial charge is 0.294 e. The number of amides is 1. The fraction of sp³-hybridized carbons (Fsp3) is 0.450. The number of hydrogen-bond acceptors (Lipinski definition) is 5. The zero-order valence-electron chi connectivity index (χ0n) is 17.1. The highest BCUT2D eigenvalue weighted by Gasteiger charge is 2.29. The molecular weight excluding hydrogens is 360 g/mol. The molecule has 8 heteroatoms. The number of carbonyl (C=O) groups excluding carboxylic acids is 1. The molecule has 0 atom stereocenters. The zero-order chi connectivity index (χ0) is 21.3. The van der Waals surface area contributed by atoms with Gasteiger partial charge in [-0.15, -0.1) is 0 Å². The predicted octanol–water partition coefficient (Wildman–Crippen LogP) is 3.39. The van der Waals surface area contributed by atoms with Crippen LogP contribution >= 0.6 is 0 Å². The van der Waals surface area contributed by atoms with Gasteiger partial charge in [0.05, 0.1) is 4.92 Å². The van der Waals surface area contributed by atoms with E-state index in [4.69, 9.17) is 0 Å². The van der Waals surface area contributed by atoms with Crippen LogP contribution in [0.1, 0.15) is 57.2 Å². The second-order valence-corrected chi connectivity index (χ2v) is 8.73. The molecule has 0 saturated heterocycles. The van der Waals surface area contributed by atoms with Gasteiger partial charge in [0.2, 0.25) is 5.43 Å². The SMILES string of the molecule is Cc1cc(=O)c(C(=O)NC(C)(C)CC(C)(C)C)nn1-c1ccccc1[N+](=O)[O-]. The Labute approximate surface area is 163 Å². The van der Waals surface area contributed by atoms with Gasteiger partial charge in [-0.3, -0.25) is 19.7 Å². The van der Waals surface area contributed by atoms with Gasteiger partial charge in [0, 0.05) is 23.4 Å². The molecule has 2 aromatic rings. The molecule has 0 fully saturated rings. The third-order valence-corrected chi connectivity index (χ3v) is 4.05. The van der Waals surface area contributed by atoms with Gasteiger partial charge in [-0.2, -0.15) is 5.10 Å². The normalized spacial score (nSPS) is 11.9. The molecule has 28 heavy (non-hydrogen) atoms. The summed E-state index contributed by atoms with van der Waals surface area (Å²) in [4.78, 5) is 36.0. The summed E-state index contributed by atoms with van der Waals surface area (Å²) >= 11 is 0. The predicted molar refractivity (Wildman–Crippen MR) is 107 cm³/mol. The summed E-state index contributed by atoms with van der Waals surface area (Å²) in [5, 5.41) is 18.3. The number of nitro groups is 1. The van der Waals surface area contributed by atoms with Gasteiger partial charge in [-0.25, -0.2) is 4.68 Å². The monoisotopic (exact) mass is 386 g/mol. The molecule has 0 spiro atoms. The number of benzene rings is 1. The number of nitrogens with zero attached hydrogens (tertiary/aromatic N) is 3. The summed E-state index contributed by atoms with van der Waals surface area (Å²) in [6.07, 6.45) is 0.690. The maximum Gasteiger partial charge on any atom is 0.294 e. The average molecular weight is 386 g/mol. The van der Waals surface area contributed by atoms with Gasteiger partial charge in [0.1, 0.15) is 5.69 Å². The van der Waals surface area contributed by atoms with Crippen LogP contribution < -0.4 is 10.7 Å². The molecule has 150 valence electrons. The van der Waals surface area contributed by atoms with E-state index in [-0.39, 0.29) is 22.5 Å². The number of rotatable bonds is 5. The summed E-state index contributed by atoms with van der Waals surface area (Å²) in [6, 6.07) is 7.31. The summed E-state index contributed by atoms with van der Waals surface area (Å²) in [5.41, 5.74) is -0.999. The highest BCUT2D eigenvalue weighted by Crippen LogP contribution is 2.27. The van der Waals surface area contributed by atoms with Crippen LogP contribution in [0, 0.1) is 22.5 Å². The Balaban J connectivity index is 2.49. The summed E-state index contributed by atoms with van der Waals surface area (Å²) in [7, 11) is 0. The maximum atomic E-state index is 12.8. The molecule has 1 heterocycles. The molecule has 1 N–H and O–H groups in total. The van der Waals surface area contributed by atoms with Crippen molar-refractivity contribution in [3.05, 3.63) is 62.1 Å². The topological polar surface area (TPSA) is 107 Å². The molecule has 1 aromatic carbocycles. The molecule has 0 aliphatic rings. The zero-order valence-corrected chi connectivity index (χ0v) is 17.1. The quantitative estimate of drug-likeness (QED) is 0.626. The number of nitrogens with one attached hydrogen (secondary N) is 1. The first kappa shape index (κ1) is 21.3. The van der Waals surface area contributed by atoms with E-state index in [1.165, 1.54) is 22.9 Å². The van der Waals surface area contributed by atoms with E-state index in [0.29, 0.717) is 12.1 Å². The van der Waals surface area contributed by atoms with Crippen molar-refractivity contribution < 1.29 is 9.72 Å². The van der Waals surface area contributed by atoms with Crippen LogP contribution in [-0.2, 0) is 0 Å². The first-order valence-electron chi connectivity index (χ1n) is 8.98.